The van der Waals surface area contributed by atoms with Crippen molar-refractivity contribution in [2.45, 2.75) is 12.1 Å². The van der Waals surface area contributed by atoms with Gasteiger partial charge in [-0.1, -0.05) is 17.9 Å². The molecule has 2 aromatic heterocycles. The number of pyridine rings is 1. The predicted octanol–water partition coefficient (Wildman–Crippen LogP) is 0.862. The number of ether oxygens (including phenoxy) is 1. The summed E-state index contributed by atoms with van der Waals surface area (Å²) in [4.78, 5) is 47.5. The zero-order chi connectivity index (χ0) is 23.0. The summed E-state index contributed by atoms with van der Waals surface area (Å²) in [6.45, 7) is 0.194. The Morgan fingerprint density at radius 1 is 1.21 bits per heavy atom. The molecular weight excluding hydrogens is 424 g/mol. The number of aromatic nitrogens is 3. The summed E-state index contributed by atoms with van der Waals surface area (Å²) in [7, 11) is 1.53. The van der Waals surface area contributed by atoms with E-state index < -0.39 is 17.5 Å². The minimum Gasteiger partial charge on any atom is -0.497 e. The number of urea groups is 1. The lowest BCUT2D eigenvalue weighted by Gasteiger charge is -2.26. The van der Waals surface area contributed by atoms with Gasteiger partial charge in [-0.05, 0) is 29.8 Å². The number of methoxy groups -OCH3 is 1. The van der Waals surface area contributed by atoms with Crippen molar-refractivity contribution in [2.24, 2.45) is 0 Å². The maximum Gasteiger partial charge on any atom is 0.323 e. The molecule has 164 valence electrons. The summed E-state index contributed by atoms with van der Waals surface area (Å²) in [5.41, 5.74) is 0.282. The lowest BCUT2D eigenvalue weighted by Crippen LogP contribution is -2.54. The Balaban J connectivity index is 1.42. The van der Waals surface area contributed by atoms with Gasteiger partial charge in [0, 0.05) is 36.3 Å². The Morgan fingerprint density at radius 2 is 2.09 bits per heavy atom. The summed E-state index contributed by atoms with van der Waals surface area (Å²) < 4.78 is 6.95. The summed E-state index contributed by atoms with van der Waals surface area (Å²) in [5, 5.41) is 4.82. The van der Waals surface area contributed by atoms with Gasteiger partial charge in [0.15, 0.2) is 0 Å². The highest BCUT2D eigenvalue weighted by molar-refractivity contribution is 6.10. The Kier molecular flexibility index (Phi) is 4.79. The standard InChI is InChI=1S/C23H18N6O4/c1-33-17-4-3-16-12-29(20(30)18(16)10-17)13-23(21(31)26-22(32)27-23)7-6-15-2-5-19(25-11-15)28-9-8-24-14-28/h2-5,8-11,14H,12-13H2,1H3,(H2,26,27,31,32)/t23-/m1/s1. The quantitative estimate of drug-likeness (QED) is 0.457. The molecule has 1 atom stereocenters. The molecule has 2 aliphatic rings. The lowest BCUT2D eigenvalue weighted by molar-refractivity contribution is -0.122. The molecule has 0 radical (unpaired) electrons. The Bertz CT molecular complexity index is 1320. The topological polar surface area (TPSA) is 118 Å². The van der Waals surface area contributed by atoms with Gasteiger partial charge in [-0.3, -0.25) is 19.5 Å². The average Bonchev–Trinajstić information content (AvgIpc) is 3.52. The van der Waals surface area contributed by atoms with Crippen molar-refractivity contribution in [1.29, 1.82) is 0 Å². The smallest absolute Gasteiger partial charge is 0.323 e. The summed E-state index contributed by atoms with van der Waals surface area (Å²) in [5.74, 6) is 6.14. The molecule has 10 heteroatoms. The van der Waals surface area contributed by atoms with Crippen LogP contribution in [0.25, 0.3) is 5.82 Å². The van der Waals surface area contributed by atoms with E-state index in [0.29, 0.717) is 29.2 Å². The third kappa shape index (κ3) is 3.65. The van der Waals surface area contributed by atoms with Crippen LogP contribution in [-0.4, -0.2) is 56.5 Å². The van der Waals surface area contributed by atoms with Crippen LogP contribution in [0.3, 0.4) is 0 Å². The summed E-state index contributed by atoms with van der Waals surface area (Å²) in [6, 6.07) is 8.10. The normalized spacial score (nSPS) is 18.9. The Hall–Kier alpha value is -4.65. The van der Waals surface area contributed by atoms with Crippen molar-refractivity contribution < 1.29 is 19.1 Å². The molecule has 4 amide bonds. The molecule has 1 aromatic carbocycles. The fraction of sp³-hybridized carbons (Fsp3) is 0.174. The van der Waals surface area contributed by atoms with Crippen LogP contribution in [0.2, 0.25) is 0 Å². The van der Waals surface area contributed by atoms with Crippen LogP contribution in [0, 0.1) is 11.8 Å². The molecule has 0 unspecified atom stereocenters. The maximum absolute atomic E-state index is 13.0. The number of nitrogens with zero attached hydrogens (tertiary/aromatic N) is 4. The van der Waals surface area contributed by atoms with Crippen LogP contribution in [0.5, 0.6) is 5.75 Å². The average molecular weight is 442 g/mol. The lowest BCUT2D eigenvalue weighted by atomic mass is 9.99. The van der Waals surface area contributed by atoms with E-state index in [4.69, 9.17) is 4.74 Å². The van der Waals surface area contributed by atoms with Gasteiger partial charge in [0.05, 0.1) is 13.7 Å². The highest BCUT2D eigenvalue weighted by Gasteiger charge is 2.48. The highest BCUT2D eigenvalue weighted by Crippen LogP contribution is 2.28. The van der Waals surface area contributed by atoms with Crippen molar-refractivity contribution in [3.63, 3.8) is 0 Å². The Morgan fingerprint density at radius 3 is 2.76 bits per heavy atom. The van der Waals surface area contributed by atoms with Crippen molar-refractivity contribution in [3.8, 4) is 23.4 Å². The molecule has 1 fully saturated rings. The second-order valence-electron chi connectivity index (χ2n) is 7.62. The molecule has 5 rings (SSSR count). The third-order valence-electron chi connectivity index (χ3n) is 5.50. The number of carbonyl (C=O) groups excluding carboxylic acids is 3. The number of hydrogen-bond donors (Lipinski definition) is 2. The van der Waals surface area contributed by atoms with Gasteiger partial charge in [0.2, 0.25) is 5.54 Å². The molecule has 0 saturated carbocycles. The van der Waals surface area contributed by atoms with E-state index in [1.807, 2.05) is 6.07 Å². The van der Waals surface area contributed by atoms with Gasteiger partial charge < -0.3 is 15.0 Å². The van der Waals surface area contributed by atoms with E-state index in [1.165, 1.54) is 12.0 Å². The predicted molar refractivity (Wildman–Crippen MR) is 115 cm³/mol. The number of benzene rings is 1. The molecule has 2 N–H and O–H groups in total. The first-order valence-electron chi connectivity index (χ1n) is 10.0. The first-order valence-corrected chi connectivity index (χ1v) is 10.0. The van der Waals surface area contributed by atoms with Gasteiger partial charge in [0.1, 0.15) is 17.9 Å². The molecule has 0 aliphatic carbocycles. The minimum absolute atomic E-state index is 0.103. The first kappa shape index (κ1) is 20.3. The second kappa shape index (κ2) is 7.80. The molecule has 1 saturated heterocycles. The van der Waals surface area contributed by atoms with E-state index in [1.54, 1.807) is 53.8 Å². The molecule has 10 nitrogen and oxygen atoms in total. The molecule has 4 heterocycles. The van der Waals surface area contributed by atoms with Gasteiger partial charge in [0.25, 0.3) is 11.8 Å². The van der Waals surface area contributed by atoms with Gasteiger partial charge in [-0.15, -0.1) is 0 Å². The molecule has 3 aromatic rings. The number of imidazole rings is 1. The van der Waals surface area contributed by atoms with E-state index in [0.717, 1.165) is 5.56 Å². The molecular formula is C23H18N6O4. The SMILES string of the molecule is COc1ccc2c(c1)C(=O)N(C[C@@]1(C#Cc3ccc(-n4ccnc4)nc3)NC(=O)NC1=O)C2. The summed E-state index contributed by atoms with van der Waals surface area (Å²) in [6.07, 6.45) is 6.60. The number of amides is 4. The largest absolute Gasteiger partial charge is 0.497 e. The number of carbonyl (C=O) groups is 3. The third-order valence-corrected chi connectivity index (χ3v) is 5.50. The Labute approximate surface area is 188 Å². The van der Waals surface area contributed by atoms with Crippen LogP contribution >= 0.6 is 0 Å². The molecule has 0 spiro atoms. The zero-order valence-electron chi connectivity index (χ0n) is 17.5. The first-order chi connectivity index (χ1) is 16.0. The molecule has 33 heavy (non-hydrogen) atoms. The van der Waals surface area contributed by atoms with Crippen LogP contribution in [-0.2, 0) is 11.3 Å². The van der Waals surface area contributed by atoms with Gasteiger partial charge in [-0.25, -0.2) is 14.8 Å². The molecule has 2 aliphatic heterocycles. The maximum atomic E-state index is 13.0. The molecule has 0 bridgehead atoms. The van der Waals surface area contributed by atoms with Crippen LogP contribution in [0.4, 0.5) is 4.79 Å². The number of hydrogen-bond acceptors (Lipinski definition) is 6. The number of imide groups is 1. The van der Waals surface area contributed by atoms with Crippen molar-refractivity contribution in [1.82, 2.24) is 30.1 Å². The van der Waals surface area contributed by atoms with Crippen molar-refractivity contribution in [2.75, 3.05) is 13.7 Å². The van der Waals surface area contributed by atoms with Crippen LogP contribution in [0.15, 0.2) is 55.2 Å². The second-order valence-corrected chi connectivity index (χ2v) is 7.62. The summed E-state index contributed by atoms with van der Waals surface area (Å²) >= 11 is 0. The fourth-order valence-corrected chi connectivity index (χ4v) is 3.80. The highest BCUT2D eigenvalue weighted by atomic mass is 16.5. The minimum atomic E-state index is -1.58. The van der Waals surface area contributed by atoms with E-state index in [2.05, 4.69) is 32.4 Å². The van der Waals surface area contributed by atoms with E-state index >= 15 is 0 Å². The van der Waals surface area contributed by atoms with E-state index in [9.17, 15) is 14.4 Å². The van der Waals surface area contributed by atoms with E-state index in [-0.39, 0.29) is 12.5 Å². The number of fused-ring (bicyclic) bond motifs is 1. The van der Waals surface area contributed by atoms with Crippen molar-refractivity contribution in [3.05, 3.63) is 71.9 Å². The van der Waals surface area contributed by atoms with Gasteiger partial charge in [-0.2, -0.15) is 0 Å². The van der Waals surface area contributed by atoms with Crippen molar-refractivity contribution >= 4 is 17.8 Å². The number of rotatable bonds is 4. The fourth-order valence-electron chi connectivity index (χ4n) is 3.80. The number of nitrogens with one attached hydrogen (secondary N) is 2. The monoisotopic (exact) mass is 442 g/mol. The van der Waals surface area contributed by atoms with Crippen LogP contribution in [0.1, 0.15) is 21.5 Å². The van der Waals surface area contributed by atoms with Crippen LogP contribution < -0.4 is 15.4 Å². The van der Waals surface area contributed by atoms with Gasteiger partial charge >= 0.3 is 6.03 Å². The zero-order valence-corrected chi connectivity index (χ0v) is 17.5.